The number of alkyl halides is 11. The summed E-state index contributed by atoms with van der Waals surface area (Å²) >= 11 is 0. The first-order chi connectivity index (χ1) is 15.3. The molecule has 0 saturated carbocycles. The summed E-state index contributed by atoms with van der Waals surface area (Å²) in [5, 5.41) is 15.6. The van der Waals surface area contributed by atoms with Gasteiger partial charge >= 0.3 is 29.9 Å². The Balaban J connectivity index is 2.26. The third-order valence-corrected chi connectivity index (χ3v) is 5.61. The molecule has 0 spiro atoms. The molecule has 1 unspecified atom stereocenters. The van der Waals surface area contributed by atoms with E-state index in [0.717, 1.165) is 16.8 Å². The quantitative estimate of drug-likeness (QED) is 0.227. The van der Waals surface area contributed by atoms with Crippen molar-refractivity contribution in [3.63, 3.8) is 0 Å². The lowest BCUT2D eigenvalue weighted by Gasteiger charge is -2.37. The summed E-state index contributed by atoms with van der Waals surface area (Å²) in [7, 11) is -3.28. The molecule has 16 heteroatoms. The summed E-state index contributed by atoms with van der Waals surface area (Å²) in [6, 6.07) is 7.78. The van der Waals surface area contributed by atoms with Crippen LogP contribution in [-0.4, -0.2) is 45.7 Å². The summed E-state index contributed by atoms with van der Waals surface area (Å²) in [6.45, 7) is 0. The molecule has 0 aliphatic heterocycles. The molecule has 2 rings (SSSR count). The number of halogens is 11. The molecule has 0 aliphatic carbocycles. The highest BCUT2D eigenvalue weighted by atomic mass is 32.2. The van der Waals surface area contributed by atoms with Crippen LogP contribution in [0.25, 0.3) is 0 Å². The monoisotopic (exact) mass is 528 g/mol. The van der Waals surface area contributed by atoms with E-state index in [2.05, 4.69) is 5.10 Å². The van der Waals surface area contributed by atoms with E-state index >= 15 is 0 Å². The third kappa shape index (κ3) is 5.00. The fourth-order valence-corrected chi connectivity index (χ4v) is 3.43. The first-order valence-electron chi connectivity index (χ1n) is 8.64. The predicted molar refractivity (Wildman–Crippen MR) is 92.1 cm³/mol. The largest absolute Gasteiger partial charge is 0.854 e. The number of aromatic nitrogens is 1. The summed E-state index contributed by atoms with van der Waals surface area (Å²) in [6.07, 6.45) is -4.52. The van der Waals surface area contributed by atoms with Gasteiger partial charge in [-0.15, -0.1) is 0 Å². The van der Waals surface area contributed by atoms with Gasteiger partial charge < -0.3 is 5.11 Å². The second-order valence-electron chi connectivity index (χ2n) is 6.60. The molecule has 1 aromatic heterocycles. The molecule has 1 aromatic carbocycles. The number of pyridine rings is 1. The molecule has 188 valence electrons. The van der Waals surface area contributed by atoms with Gasteiger partial charge in [0.1, 0.15) is 0 Å². The van der Waals surface area contributed by atoms with Gasteiger partial charge in [0.25, 0.3) is 0 Å². The molecule has 0 saturated heterocycles. The van der Waals surface area contributed by atoms with Crippen molar-refractivity contribution in [2.24, 2.45) is 5.10 Å². The van der Waals surface area contributed by atoms with Crippen LogP contribution in [0.5, 0.6) is 0 Å². The molecule has 4 nitrogen and oxygen atoms in total. The molecule has 0 aliphatic rings. The van der Waals surface area contributed by atoms with E-state index in [1.165, 1.54) is 24.5 Å². The van der Waals surface area contributed by atoms with Gasteiger partial charge in [0.05, 0.1) is 22.5 Å². The normalized spacial score (nSPS) is 15.3. The minimum Gasteiger partial charge on any atom is -0.854 e. The van der Waals surface area contributed by atoms with Gasteiger partial charge in [-0.05, 0) is 22.8 Å². The summed E-state index contributed by atoms with van der Waals surface area (Å²) in [5.41, 5.74) is -0.203. The van der Waals surface area contributed by atoms with Crippen molar-refractivity contribution in [2.75, 3.05) is 5.75 Å². The predicted octanol–water partition coefficient (Wildman–Crippen LogP) is 3.76. The Labute approximate surface area is 185 Å². The second-order valence-corrected chi connectivity index (χ2v) is 8.05. The Hall–Kier alpha value is -2.78. The molecule has 0 fully saturated rings. The van der Waals surface area contributed by atoms with E-state index in [1.54, 1.807) is 6.07 Å². The smallest absolute Gasteiger partial charge is 0.460 e. The van der Waals surface area contributed by atoms with Crippen LogP contribution in [0.3, 0.4) is 0 Å². The number of hydrogen-bond acceptors (Lipinski definition) is 3. The molecule has 1 atom stereocenters. The standard InChI is InChI=1S/C18H11F11N2O2S/c19-14(20,15(21,22)16(23,24)17(25,26)18(27,28)29)10-34(33)12-6-4-11(5-7-12)13(32)30-31-8-2-1-3-9-31/h1-9H,10H2. The van der Waals surface area contributed by atoms with Crippen LogP contribution in [-0.2, 0) is 10.8 Å². The van der Waals surface area contributed by atoms with Crippen LogP contribution in [0, 0.1) is 0 Å². The fourth-order valence-electron chi connectivity index (χ4n) is 2.31. The summed E-state index contributed by atoms with van der Waals surface area (Å²) < 4.78 is 157. The lowest BCUT2D eigenvalue weighted by molar-refractivity contribution is -0.681. The van der Waals surface area contributed by atoms with E-state index in [1.807, 2.05) is 0 Å². The Morgan fingerprint density at radius 2 is 1.29 bits per heavy atom. The third-order valence-electron chi connectivity index (χ3n) is 4.19. The van der Waals surface area contributed by atoms with Gasteiger partial charge in [-0.1, -0.05) is 22.9 Å². The van der Waals surface area contributed by atoms with Gasteiger partial charge in [-0.2, -0.15) is 48.3 Å². The van der Waals surface area contributed by atoms with Crippen molar-refractivity contribution in [1.29, 1.82) is 0 Å². The molecule has 0 bridgehead atoms. The minimum atomic E-state index is -7.57. The van der Waals surface area contributed by atoms with Crippen molar-refractivity contribution in [3.8, 4) is 0 Å². The first-order valence-corrected chi connectivity index (χ1v) is 9.96. The number of nitrogens with zero attached hydrogens (tertiary/aromatic N) is 2. The number of benzene rings is 1. The minimum absolute atomic E-state index is 0.203. The SMILES string of the molecule is O=S(CC(F)(F)C(F)(F)C(F)(F)C(F)(F)C(F)(F)F)c1ccc(/C([O-])=N/[n+]2ccccc2)cc1. The van der Waals surface area contributed by atoms with Crippen molar-refractivity contribution >= 4 is 16.7 Å². The second kappa shape index (κ2) is 9.11. The highest BCUT2D eigenvalue weighted by molar-refractivity contribution is 7.85. The van der Waals surface area contributed by atoms with Crippen LogP contribution in [0.2, 0.25) is 0 Å². The lowest BCUT2D eigenvalue weighted by atomic mass is 9.99. The number of hydrogen-bond donors (Lipinski definition) is 0. The average Bonchev–Trinajstić information content (AvgIpc) is 2.73. The zero-order valence-corrected chi connectivity index (χ0v) is 17.0. The molecular weight excluding hydrogens is 517 g/mol. The molecule has 34 heavy (non-hydrogen) atoms. The summed E-state index contributed by atoms with van der Waals surface area (Å²) in [4.78, 5) is -0.731. The van der Waals surface area contributed by atoms with Gasteiger partial charge in [-0.25, -0.2) is 0 Å². The zero-order valence-electron chi connectivity index (χ0n) is 16.2. The molecule has 0 amide bonds. The molecular formula is C18H11F11N2O2S. The van der Waals surface area contributed by atoms with Gasteiger partial charge in [0.2, 0.25) is 12.4 Å². The Kier molecular flexibility index (Phi) is 7.36. The molecule has 0 radical (unpaired) electrons. The maximum Gasteiger partial charge on any atom is 0.460 e. The first kappa shape index (κ1) is 27.5. The van der Waals surface area contributed by atoms with Crippen LogP contribution in [0.15, 0.2) is 64.9 Å². The molecule has 1 heterocycles. The van der Waals surface area contributed by atoms with Gasteiger partial charge in [-0.3, -0.25) is 4.21 Å². The highest BCUT2D eigenvalue weighted by Gasteiger charge is 2.87. The maximum atomic E-state index is 13.8. The van der Waals surface area contributed by atoms with Crippen LogP contribution < -0.4 is 9.78 Å². The lowest BCUT2D eigenvalue weighted by Crippen LogP contribution is -2.67. The van der Waals surface area contributed by atoms with E-state index < -0.39 is 57.2 Å². The van der Waals surface area contributed by atoms with E-state index in [4.69, 9.17) is 0 Å². The van der Waals surface area contributed by atoms with Crippen molar-refractivity contribution in [1.82, 2.24) is 0 Å². The fraction of sp³-hybridized carbons (Fsp3) is 0.333. The average molecular weight is 528 g/mol. The van der Waals surface area contributed by atoms with Crippen molar-refractivity contribution < 1.29 is 62.3 Å². The summed E-state index contributed by atoms with van der Waals surface area (Å²) in [5.74, 6) is -32.2. The van der Waals surface area contributed by atoms with Gasteiger partial charge in [0.15, 0.2) is 0 Å². The van der Waals surface area contributed by atoms with Crippen LogP contribution in [0.1, 0.15) is 5.56 Å². The van der Waals surface area contributed by atoms with Crippen LogP contribution in [0.4, 0.5) is 48.3 Å². The zero-order chi connectivity index (χ0) is 26.2. The maximum absolute atomic E-state index is 13.8. The topological polar surface area (TPSA) is 56.4 Å². The van der Waals surface area contributed by atoms with Gasteiger partial charge in [0, 0.05) is 17.0 Å². The Bertz CT molecular complexity index is 1060. The van der Waals surface area contributed by atoms with Crippen molar-refractivity contribution in [3.05, 3.63) is 60.4 Å². The molecule has 0 N–H and O–H groups in total. The van der Waals surface area contributed by atoms with Crippen LogP contribution >= 0.6 is 0 Å². The molecule has 2 aromatic rings. The van der Waals surface area contributed by atoms with E-state index in [0.29, 0.717) is 12.1 Å². The Morgan fingerprint density at radius 3 is 1.76 bits per heavy atom. The van der Waals surface area contributed by atoms with E-state index in [-0.39, 0.29) is 5.56 Å². The van der Waals surface area contributed by atoms with E-state index in [9.17, 15) is 57.6 Å². The highest BCUT2D eigenvalue weighted by Crippen LogP contribution is 2.57. The van der Waals surface area contributed by atoms with Crippen molar-refractivity contribution in [2.45, 2.75) is 34.8 Å². The number of rotatable bonds is 8. The Morgan fingerprint density at radius 1 is 0.794 bits per heavy atom.